The first-order chi connectivity index (χ1) is 10.7. The summed E-state index contributed by atoms with van der Waals surface area (Å²) >= 11 is 0. The molecule has 2 N–H and O–H groups in total. The van der Waals surface area contributed by atoms with E-state index in [1.807, 2.05) is 0 Å². The molecule has 2 fully saturated rings. The second kappa shape index (κ2) is 11.5. The van der Waals surface area contributed by atoms with Gasteiger partial charge < -0.3 is 20.4 Å². The largest absolute Gasteiger partial charge is 0.357 e. The third-order valence-corrected chi connectivity index (χ3v) is 4.78. The van der Waals surface area contributed by atoms with Crippen LogP contribution in [-0.2, 0) is 0 Å². The van der Waals surface area contributed by atoms with Crippen molar-refractivity contribution in [3.63, 3.8) is 0 Å². The fourth-order valence-electron chi connectivity index (χ4n) is 3.26. The maximum absolute atomic E-state index is 4.81. The zero-order valence-electron chi connectivity index (χ0n) is 15.2. The maximum Gasteiger partial charge on any atom is 0.191 e. The van der Waals surface area contributed by atoms with E-state index in [2.05, 4.69) is 41.5 Å². The van der Waals surface area contributed by atoms with Crippen molar-refractivity contribution in [2.75, 3.05) is 53.4 Å². The first kappa shape index (κ1) is 21.0. The fourth-order valence-corrected chi connectivity index (χ4v) is 3.26. The molecule has 1 unspecified atom stereocenters. The van der Waals surface area contributed by atoms with E-state index in [4.69, 9.17) is 4.99 Å². The summed E-state index contributed by atoms with van der Waals surface area (Å²) in [6.07, 6.45) is 6.87. The first-order valence-electron chi connectivity index (χ1n) is 9.11. The minimum Gasteiger partial charge on any atom is -0.357 e. The Morgan fingerprint density at radius 3 is 2.43 bits per heavy atom. The number of nitrogens with zero attached hydrogens (tertiary/aromatic N) is 3. The van der Waals surface area contributed by atoms with Gasteiger partial charge in [0.1, 0.15) is 0 Å². The van der Waals surface area contributed by atoms with Gasteiger partial charge in [0.05, 0.1) is 6.54 Å². The summed E-state index contributed by atoms with van der Waals surface area (Å²) in [7, 11) is 4.35. The van der Waals surface area contributed by atoms with Gasteiger partial charge in [0, 0.05) is 25.7 Å². The van der Waals surface area contributed by atoms with Crippen LogP contribution in [-0.4, -0.2) is 75.2 Å². The molecule has 0 aromatic carbocycles. The molecular formula is C17H36IN5. The van der Waals surface area contributed by atoms with Crippen molar-refractivity contribution in [3.8, 4) is 0 Å². The minimum atomic E-state index is 0. The Labute approximate surface area is 159 Å². The van der Waals surface area contributed by atoms with E-state index in [1.165, 1.54) is 45.2 Å². The first-order valence-corrected chi connectivity index (χ1v) is 9.11. The highest BCUT2D eigenvalue weighted by Crippen LogP contribution is 2.34. The van der Waals surface area contributed by atoms with Crippen molar-refractivity contribution in [2.45, 2.75) is 45.1 Å². The van der Waals surface area contributed by atoms with E-state index < -0.39 is 0 Å². The van der Waals surface area contributed by atoms with Crippen molar-refractivity contribution >= 4 is 29.9 Å². The number of hydrogen-bond donors (Lipinski definition) is 2. The summed E-state index contributed by atoms with van der Waals surface area (Å²) in [5.41, 5.74) is 0. The van der Waals surface area contributed by atoms with Gasteiger partial charge in [0.2, 0.25) is 0 Å². The van der Waals surface area contributed by atoms with Gasteiger partial charge in [-0.05, 0) is 65.7 Å². The second-order valence-corrected chi connectivity index (χ2v) is 6.92. The molecule has 0 aromatic heterocycles. The SMILES string of the molecule is CCNC(=NCC(C1CC1)N(C)C)NCCN1CCCCC1.I. The van der Waals surface area contributed by atoms with Crippen molar-refractivity contribution in [3.05, 3.63) is 0 Å². The highest BCUT2D eigenvalue weighted by atomic mass is 127. The molecule has 1 heterocycles. The van der Waals surface area contributed by atoms with Crippen molar-refractivity contribution in [1.29, 1.82) is 0 Å². The quantitative estimate of drug-likeness (QED) is 0.346. The van der Waals surface area contributed by atoms with Crippen LogP contribution in [0.5, 0.6) is 0 Å². The van der Waals surface area contributed by atoms with Gasteiger partial charge in [0.25, 0.3) is 0 Å². The number of rotatable bonds is 8. The Bertz CT molecular complexity index is 336. The molecule has 1 aliphatic heterocycles. The average Bonchev–Trinajstić information content (AvgIpc) is 3.33. The molecule has 1 aliphatic carbocycles. The van der Waals surface area contributed by atoms with Crippen LogP contribution in [0.25, 0.3) is 0 Å². The molecule has 0 bridgehead atoms. The lowest BCUT2D eigenvalue weighted by molar-refractivity contribution is 0.232. The van der Waals surface area contributed by atoms with Crippen LogP contribution in [0.2, 0.25) is 0 Å². The Balaban J connectivity index is 0.00000264. The summed E-state index contributed by atoms with van der Waals surface area (Å²) in [6, 6.07) is 0.595. The van der Waals surface area contributed by atoms with Crippen LogP contribution < -0.4 is 10.6 Å². The van der Waals surface area contributed by atoms with E-state index >= 15 is 0 Å². The Kier molecular flexibility index (Phi) is 10.5. The average molecular weight is 437 g/mol. The summed E-state index contributed by atoms with van der Waals surface area (Å²) in [6.45, 7) is 8.60. The molecule has 1 saturated heterocycles. The monoisotopic (exact) mass is 437 g/mol. The summed E-state index contributed by atoms with van der Waals surface area (Å²) in [5, 5.41) is 6.88. The summed E-state index contributed by atoms with van der Waals surface area (Å²) in [5.74, 6) is 1.84. The molecule has 0 spiro atoms. The summed E-state index contributed by atoms with van der Waals surface area (Å²) in [4.78, 5) is 9.71. The molecule has 0 amide bonds. The number of nitrogens with one attached hydrogen (secondary N) is 2. The van der Waals surface area contributed by atoms with Crippen LogP contribution >= 0.6 is 24.0 Å². The lowest BCUT2D eigenvalue weighted by Gasteiger charge is -2.27. The second-order valence-electron chi connectivity index (χ2n) is 6.92. The Morgan fingerprint density at radius 2 is 1.87 bits per heavy atom. The molecule has 0 radical (unpaired) electrons. The molecule has 23 heavy (non-hydrogen) atoms. The number of guanidine groups is 1. The zero-order chi connectivity index (χ0) is 15.8. The van der Waals surface area contributed by atoms with Gasteiger partial charge in [-0.2, -0.15) is 0 Å². The van der Waals surface area contributed by atoms with Crippen LogP contribution in [0.3, 0.4) is 0 Å². The highest BCUT2D eigenvalue weighted by molar-refractivity contribution is 14.0. The predicted octanol–water partition coefficient (Wildman–Crippen LogP) is 1.99. The number of aliphatic imine (C=N–C) groups is 1. The number of likely N-dealkylation sites (N-methyl/N-ethyl adjacent to an activating group) is 1. The van der Waals surface area contributed by atoms with Gasteiger partial charge in [-0.3, -0.25) is 4.99 Å². The lowest BCUT2D eigenvalue weighted by atomic mass is 10.1. The van der Waals surface area contributed by atoms with E-state index in [9.17, 15) is 0 Å². The number of hydrogen-bond acceptors (Lipinski definition) is 3. The normalized spacial score (nSPS) is 21.0. The molecule has 0 aromatic rings. The third-order valence-electron chi connectivity index (χ3n) is 4.78. The standard InChI is InChI=1S/C17H35N5.HI/c1-4-18-17(19-10-13-22-11-6-5-7-12-22)20-14-16(21(2)3)15-8-9-15;/h15-16H,4-14H2,1-3H3,(H2,18,19,20);1H. The number of halogens is 1. The van der Waals surface area contributed by atoms with Crippen LogP contribution in [0.4, 0.5) is 0 Å². The third kappa shape index (κ3) is 8.03. The van der Waals surface area contributed by atoms with Gasteiger partial charge in [-0.25, -0.2) is 0 Å². The number of likely N-dealkylation sites (tertiary alicyclic amines) is 1. The minimum absolute atomic E-state index is 0. The maximum atomic E-state index is 4.81. The van der Waals surface area contributed by atoms with Gasteiger partial charge in [-0.15, -0.1) is 24.0 Å². The lowest BCUT2D eigenvalue weighted by Crippen LogP contribution is -2.43. The van der Waals surface area contributed by atoms with Crippen LogP contribution in [0, 0.1) is 5.92 Å². The fraction of sp³-hybridized carbons (Fsp3) is 0.941. The highest BCUT2D eigenvalue weighted by Gasteiger charge is 2.32. The molecule has 136 valence electrons. The molecule has 1 saturated carbocycles. The summed E-state index contributed by atoms with van der Waals surface area (Å²) < 4.78 is 0. The van der Waals surface area contributed by atoms with Crippen molar-refractivity contribution in [1.82, 2.24) is 20.4 Å². The van der Waals surface area contributed by atoms with Gasteiger partial charge in [-0.1, -0.05) is 6.42 Å². The van der Waals surface area contributed by atoms with E-state index in [-0.39, 0.29) is 24.0 Å². The molecule has 6 heteroatoms. The Hall–Kier alpha value is -0.0800. The van der Waals surface area contributed by atoms with Gasteiger partial charge >= 0.3 is 0 Å². The van der Waals surface area contributed by atoms with E-state index in [0.29, 0.717) is 6.04 Å². The topological polar surface area (TPSA) is 42.9 Å². The van der Waals surface area contributed by atoms with Crippen LogP contribution in [0.1, 0.15) is 39.0 Å². The molecule has 2 rings (SSSR count). The zero-order valence-corrected chi connectivity index (χ0v) is 17.5. The van der Waals surface area contributed by atoms with Crippen LogP contribution in [0.15, 0.2) is 4.99 Å². The molecular weight excluding hydrogens is 401 g/mol. The smallest absolute Gasteiger partial charge is 0.191 e. The molecule has 5 nitrogen and oxygen atoms in total. The number of piperidine rings is 1. The molecule has 2 aliphatic rings. The van der Waals surface area contributed by atoms with E-state index in [1.54, 1.807) is 0 Å². The van der Waals surface area contributed by atoms with Crippen molar-refractivity contribution in [2.24, 2.45) is 10.9 Å². The van der Waals surface area contributed by atoms with Gasteiger partial charge in [0.15, 0.2) is 5.96 Å². The van der Waals surface area contributed by atoms with Crippen molar-refractivity contribution < 1.29 is 0 Å². The Morgan fingerprint density at radius 1 is 1.17 bits per heavy atom. The predicted molar refractivity (Wildman–Crippen MR) is 110 cm³/mol. The molecule has 1 atom stereocenters. The van der Waals surface area contributed by atoms with E-state index in [0.717, 1.165) is 38.1 Å².